The smallest absolute Gasteiger partial charge is 0.248 e. The summed E-state index contributed by atoms with van der Waals surface area (Å²) in [6.45, 7) is 9.15. The Balaban J connectivity index is 2.02. The summed E-state index contributed by atoms with van der Waals surface area (Å²) in [6, 6.07) is 7.71. The van der Waals surface area contributed by atoms with Crippen molar-refractivity contribution < 1.29 is 9.53 Å². The molecular weight excluding hydrogens is 252 g/mol. The average Bonchev–Trinajstić information content (AvgIpc) is 2.54. The van der Waals surface area contributed by atoms with Crippen LogP contribution in [0.2, 0.25) is 0 Å². The first-order chi connectivity index (χ1) is 9.20. The number of carbonyl (C=O) groups excluding carboxylic acids is 1. The van der Waals surface area contributed by atoms with Gasteiger partial charge in [0, 0.05) is 18.2 Å². The zero-order valence-electron chi connectivity index (χ0n) is 12.7. The quantitative estimate of drug-likeness (QED) is 0.886. The molecule has 1 aromatic carbocycles. The molecule has 0 aromatic heterocycles. The van der Waals surface area contributed by atoms with E-state index in [-0.39, 0.29) is 17.2 Å². The highest BCUT2D eigenvalue weighted by molar-refractivity contribution is 5.92. The zero-order valence-corrected chi connectivity index (χ0v) is 12.7. The van der Waals surface area contributed by atoms with Crippen LogP contribution < -0.4 is 11.1 Å². The van der Waals surface area contributed by atoms with Gasteiger partial charge >= 0.3 is 0 Å². The number of hydrogen-bond donors (Lipinski definition) is 2. The Morgan fingerprint density at radius 3 is 2.65 bits per heavy atom. The standard InChI is InChI=1S/C16H24N2O2/c1-15(2)9-13(16(3,4)20-15)18-10-11-6-5-7-12(8-11)14(17)19/h5-8,13,18H,9-10H2,1-4H3,(H2,17,19). The predicted molar refractivity (Wildman–Crippen MR) is 79.4 cm³/mol. The van der Waals surface area contributed by atoms with Gasteiger partial charge in [0.2, 0.25) is 5.91 Å². The second-order valence-corrected chi connectivity index (χ2v) is 6.67. The van der Waals surface area contributed by atoms with Gasteiger partial charge in [-0.3, -0.25) is 4.79 Å². The van der Waals surface area contributed by atoms with Crippen LogP contribution in [0.15, 0.2) is 24.3 Å². The van der Waals surface area contributed by atoms with Crippen molar-refractivity contribution in [2.24, 2.45) is 5.73 Å². The Morgan fingerprint density at radius 1 is 1.40 bits per heavy atom. The molecule has 2 rings (SSSR count). The zero-order chi connectivity index (χ0) is 15.0. The van der Waals surface area contributed by atoms with E-state index < -0.39 is 5.91 Å². The van der Waals surface area contributed by atoms with Crippen molar-refractivity contribution in [2.45, 2.75) is 57.9 Å². The Kier molecular flexibility index (Phi) is 3.89. The van der Waals surface area contributed by atoms with Crippen molar-refractivity contribution in [1.82, 2.24) is 5.32 Å². The fourth-order valence-electron chi connectivity index (χ4n) is 2.96. The lowest BCUT2D eigenvalue weighted by atomic mass is 9.94. The van der Waals surface area contributed by atoms with Crippen molar-refractivity contribution in [3.63, 3.8) is 0 Å². The molecule has 110 valence electrons. The summed E-state index contributed by atoms with van der Waals surface area (Å²) < 4.78 is 6.06. The van der Waals surface area contributed by atoms with Crippen LogP contribution in [0.3, 0.4) is 0 Å². The lowest BCUT2D eigenvalue weighted by Gasteiger charge is -2.28. The van der Waals surface area contributed by atoms with Crippen LogP contribution in [-0.2, 0) is 11.3 Å². The molecule has 1 aromatic rings. The van der Waals surface area contributed by atoms with E-state index in [0.717, 1.165) is 12.0 Å². The lowest BCUT2D eigenvalue weighted by molar-refractivity contribution is -0.0699. The molecule has 0 spiro atoms. The first-order valence-electron chi connectivity index (χ1n) is 7.02. The van der Waals surface area contributed by atoms with Gasteiger partial charge in [-0.05, 0) is 51.8 Å². The fraction of sp³-hybridized carbons (Fsp3) is 0.562. The van der Waals surface area contributed by atoms with E-state index in [4.69, 9.17) is 10.5 Å². The molecule has 1 fully saturated rings. The van der Waals surface area contributed by atoms with Gasteiger partial charge in [0.25, 0.3) is 0 Å². The number of benzene rings is 1. The van der Waals surface area contributed by atoms with Crippen molar-refractivity contribution in [3.05, 3.63) is 35.4 Å². The molecule has 1 saturated heterocycles. The number of amides is 1. The molecular formula is C16H24N2O2. The second-order valence-electron chi connectivity index (χ2n) is 6.67. The molecule has 4 nitrogen and oxygen atoms in total. The lowest BCUT2D eigenvalue weighted by Crippen LogP contribution is -2.42. The largest absolute Gasteiger partial charge is 0.368 e. The molecule has 1 amide bonds. The minimum Gasteiger partial charge on any atom is -0.368 e. The van der Waals surface area contributed by atoms with Gasteiger partial charge in [0.05, 0.1) is 11.2 Å². The average molecular weight is 276 g/mol. The molecule has 1 aliphatic heterocycles. The van der Waals surface area contributed by atoms with Gasteiger partial charge in [0.1, 0.15) is 0 Å². The monoisotopic (exact) mass is 276 g/mol. The minimum atomic E-state index is -0.391. The van der Waals surface area contributed by atoms with Crippen LogP contribution >= 0.6 is 0 Å². The summed E-state index contributed by atoms with van der Waals surface area (Å²) in [5, 5.41) is 3.53. The summed E-state index contributed by atoms with van der Waals surface area (Å²) in [5.41, 5.74) is 6.61. The third-order valence-corrected chi connectivity index (χ3v) is 3.84. The van der Waals surface area contributed by atoms with E-state index in [0.29, 0.717) is 12.1 Å². The summed E-state index contributed by atoms with van der Waals surface area (Å²) in [7, 11) is 0. The van der Waals surface area contributed by atoms with Gasteiger partial charge < -0.3 is 15.8 Å². The van der Waals surface area contributed by atoms with Gasteiger partial charge in [-0.25, -0.2) is 0 Å². The molecule has 0 saturated carbocycles. The van der Waals surface area contributed by atoms with Crippen LogP contribution in [0.1, 0.15) is 50.0 Å². The first-order valence-corrected chi connectivity index (χ1v) is 7.02. The Labute approximate surface area is 120 Å². The van der Waals surface area contributed by atoms with Crippen molar-refractivity contribution >= 4 is 5.91 Å². The first kappa shape index (κ1) is 15.0. The van der Waals surface area contributed by atoms with Crippen LogP contribution in [-0.4, -0.2) is 23.2 Å². The van der Waals surface area contributed by atoms with E-state index in [2.05, 4.69) is 33.0 Å². The van der Waals surface area contributed by atoms with Crippen LogP contribution in [0.25, 0.3) is 0 Å². The van der Waals surface area contributed by atoms with Gasteiger partial charge in [-0.2, -0.15) is 0 Å². The third kappa shape index (κ3) is 3.38. The SMILES string of the molecule is CC1(C)CC(NCc2cccc(C(N)=O)c2)C(C)(C)O1. The van der Waals surface area contributed by atoms with Crippen molar-refractivity contribution in [2.75, 3.05) is 0 Å². The van der Waals surface area contributed by atoms with Crippen LogP contribution in [0, 0.1) is 0 Å². The molecule has 1 aliphatic rings. The maximum atomic E-state index is 11.2. The van der Waals surface area contributed by atoms with Crippen molar-refractivity contribution in [3.8, 4) is 0 Å². The predicted octanol–water partition coefficient (Wildman–Crippen LogP) is 2.22. The van der Waals surface area contributed by atoms with Gasteiger partial charge in [-0.15, -0.1) is 0 Å². The molecule has 1 unspecified atom stereocenters. The van der Waals surface area contributed by atoms with E-state index in [1.54, 1.807) is 6.07 Å². The molecule has 0 bridgehead atoms. The number of hydrogen-bond acceptors (Lipinski definition) is 3. The van der Waals surface area contributed by atoms with Gasteiger partial charge in [0.15, 0.2) is 0 Å². The Morgan fingerprint density at radius 2 is 2.10 bits per heavy atom. The van der Waals surface area contributed by atoms with E-state index >= 15 is 0 Å². The topological polar surface area (TPSA) is 64.3 Å². The third-order valence-electron chi connectivity index (χ3n) is 3.84. The highest BCUT2D eigenvalue weighted by Gasteiger charge is 2.45. The second kappa shape index (κ2) is 5.19. The maximum Gasteiger partial charge on any atom is 0.248 e. The number of ether oxygens (including phenoxy) is 1. The molecule has 4 heteroatoms. The van der Waals surface area contributed by atoms with Gasteiger partial charge in [-0.1, -0.05) is 12.1 Å². The fourth-order valence-corrected chi connectivity index (χ4v) is 2.96. The number of nitrogens with two attached hydrogens (primary N) is 1. The Bertz CT molecular complexity index is 509. The summed E-state index contributed by atoms with van der Waals surface area (Å²) in [5.74, 6) is -0.391. The summed E-state index contributed by atoms with van der Waals surface area (Å²) in [4.78, 5) is 11.2. The minimum absolute atomic E-state index is 0.101. The van der Waals surface area contributed by atoms with E-state index in [9.17, 15) is 4.79 Å². The highest BCUT2D eigenvalue weighted by Crippen LogP contribution is 2.37. The van der Waals surface area contributed by atoms with E-state index in [1.807, 2.05) is 18.2 Å². The van der Waals surface area contributed by atoms with Crippen LogP contribution in [0.4, 0.5) is 0 Å². The van der Waals surface area contributed by atoms with Crippen LogP contribution in [0.5, 0.6) is 0 Å². The number of nitrogens with one attached hydrogen (secondary N) is 1. The summed E-state index contributed by atoms with van der Waals surface area (Å²) >= 11 is 0. The molecule has 1 atom stereocenters. The normalized spacial score (nSPS) is 23.7. The molecule has 0 radical (unpaired) electrons. The molecule has 0 aliphatic carbocycles. The maximum absolute atomic E-state index is 11.2. The highest BCUT2D eigenvalue weighted by atomic mass is 16.5. The molecule has 3 N–H and O–H groups in total. The Hall–Kier alpha value is -1.39. The number of rotatable bonds is 4. The number of primary amides is 1. The molecule has 1 heterocycles. The summed E-state index contributed by atoms with van der Waals surface area (Å²) in [6.07, 6.45) is 0.968. The van der Waals surface area contributed by atoms with Crippen molar-refractivity contribution in [1.29, 1.82) is 0 Å². The van der Waals surface area contributed by atoms with E-state index in [1.165, 1.54) is 0 Å². The number of carbonyl (C=O) groups is 1. The molecule has 20 heavy (non-hydrogen) atoms.